The second kappa shape index (κ2) is 11.0. The molecule has 148 valence electrons. The van der Waals surface area contributed by atoms with Crippen LogP contribution in [0.25, 0.3) is 0 Å². The lowest BCUT2D eigenvalue weighted by molar-refractivity contribution is 0.460. The van der Waals surface area contributed by atoms with Crippen molar-refractivity contribution in [2.75, 3.05) is 26.7 Å². The minimum absolute atomic E-state index is 0. The van der Waals surface area contributed by atoms with Crippen LogP contribution in [0.5, 0.6) is 0 Å². The molecule has 0 bridgehead atoms. The van der Waals surface area contributed by atoms with Crippen LogP contribution in [-0.2, 0) is 12.8 Å². The molecular weight excluding hydrogens is 467 g/mol. The number of thiazole rings is 1. The Bertz CT molecular complexity index is 714. The molecule has 1 saturated heterocycles. The smallest absolute Gasteiger partial charge is 0.193 e. The van der Waals surface area contributed by atoms with E-state index in [1.54, 1.807) is 11.3 Å². The molecule has 1 aliphatic heterocycles. The van der Waals surface area contributed by atoms with Crippen molar-refractivity contribution in [2.45, 2.75) is 39.0 Å². The van der Waals surface area contributed by atoms with E-state index in [2.05, 4.69) is 64.8 Å². The standard InChI is InChI=1S/C21H30N4S.HI/c1-16(2)20-24-19(15-26-20)9-11-23-21(22-3)25-12-10-18(14-25)13-17-7-5-4-6-8-17;/h4-8,15-16,18H,9-14H2,1-3H3,(H,22,23);1H. The number of likely N-dealkylation sites (tertiary alicyclic amines) is 1. The molecular formula is C21H31IN4S. The predicted molar refractivity (Wildman–Crippen MR) is 127 cm³/mol. The van der Waals surface area contributed by atoms with E-state index < -0.39 is 0 Å². The Balaban J connectivity index is 0.00000261. The van der Waals surface area contributed by atoms with Gasteiger partial charge in [-0.25, -0.2) is 4.98 Å². The number of nitrogens with zero attached hydrogens (tertiary/aromatic N) is 3. The highest BCUT2D eigenvalue weighted by molar-refractivity contribution is 14.0. The minimum atomic E-state index is 0. The first-order valence-corrected chi connectivity index (χ1v) is 10.5. The van der Waals surface area contributed by atoms with Gasteiger partial charge in [0, 0.05) is 44.4 Å². The quantitative estimate of drug-likeness (QED) is 0.361. The van der Waals surface area contributed by atoms with Gasteiger partial charge in [-0.3, -0.25) is 4.99 Å². The molecule has 2 aromatic rings. The van der Waals surface area contributed by atoms with E-state index in [0.29, 0.717) is 11.8 Å². The molecule has 0 amide bonds. The summed E-state index contributed by atoms with van der Waals surface area (Å²) in [4.78, 5) is 11.6. The number of rotatable bonds is 6. The van der Waals surface area contributed by atoms with Crippen molar-refractivity contribution in [1.82, 2.24) is 15.2 Å². The lowest BCUT2D eigenvalue weighted by Crippen LogP contribution is -2.41. The molecule has 1 aliphatic rings. The Kier molecular flexibility index (Phi) is 9.02. The van der Waals surface area contributed by atoms with Crippen LogP contribution >= 0.6 is 35.3 Å². The van der Waals surface area contributed by atoms with E-state index in [9.17, 15) is 0 Å². The molecule has 0 aliphatic carbocycles. The summed E-state index contributed by atoms with van der Waals surface area (Å²) < 4.78 is 0. The number of nitrogens with one attached hydrogen (secondary N) is 1. The number of benzene rings is 1. The van der Waals surface area contributed by atoms with Gasteiger partial charge in [0.15, 0.2) is 5.96 Å². The molecule has 0 radical (unpaired) electrons. The van der Waals surface area contributed by atoms with Crippen LogP contribution < -0.4 is 5.32 Å². The number of halogens is 1. The van der Waals surface area contributed by atoms with Gasteiger partial charge in [-0.2, -0.15) is 0 Å². The molecule has 0 spiro atoms. The normalized spacial score (nSPS) is 17.3. The zero-order chi connectivity index (χ0) is 18.4. The fraction of sp³-hybridized carbons (Fsp3) is 0.524. The molecule has 1 fully saturated rings. The van der Waals surface area contributed by atoms with Crippen LogP contribution in [-0.4, -0.2) is 42.5 Å². The predicted octanol–water partition coefficient (Wildman–Crippen LogP) is 4.57. The number of hydrogen-bond donors (Lipinski definition) is 1. The average molecular weight is 498 g/mol. The Morgan fingerprint density at radius 2 is 2.11 bits per heavy atom. The van der Waals surface area contributed by atoms with Crippen LogP contribution in [0.1, 0.15) is 42.5 Å². The number of aliphatic imine (C=N–C) groups is 1. The van der Waals surface area contributed by atoms with Crippen molar-refractivity contribution in [3.63, 3.8) is 0 Å². The van der Waals surface area contributed by atoms with Gasteiger partial charge in [-0.15, -0.1) is 35.3 Å². The molecule has 1 aromatic heterocycles. The van der Waals surface area contributed by atoms with Crippen molar-refractivity contribution < 1.29 is 0 Å². The van der Waals surface area contributed by atoms with Crippen LogP contribution in [0, 0.1) is 5.92 Å². The van der Waals surface area contributed by atoms with Crippen molar-refractivity contribution >= 4 is 41.3 Å². The van der Waals surface area contributed by atoms with Crippen LogP contribution in [0.2, 0.25) is 0 Å². The number of aromatic nitrogens is 1. The molecule has 3 rings (SSSR count). The SMILES string of the molecule is CN=C(NCCc1csc(C(C)C)n1)N1CCC(Cc2ccccc2)C1.I. The maximum Gasteiger partial charge on any atom is 0.193 e. The van der Waals surface area contributed by atoms with Gasteiger partial charge in [-0.05, 0) is 24.3 Å². The van der Waals surface area contributed by atoms with Gasteiger partial charge in [0.2, 0.25) is 0 Å². The second-order valence-corrected chi connectivity index (χ2v) is 8.24. The number of hydrogen-bond acceptors (Lipinski definition) is 3. The Morgan fingerprint density at radius 3 is 2.78 bits per heavy atom. The topological polar surface area (TPSA) is 40.5 Å². The molecule has 2 heterocycles. The number of guanidine groups is 1. The summed E-state index contributed by atoms with van der Waals surface area (Å²) in [6.07, 6.45) is 3.34. The third-order valence-corrected chi connectivity index (χ3v) is 6.09. The van der Waals surface area contributed by atoms with Crippen LogP contribution in [0.4, 0.5) is 0 Å². The third kappa shape index (κ3) is 6.45. The summed E-state index contributed by atoms with van der Waals surface area (Å²) in [5.74, 6) is 2.25. The summed E-state index contributed by atoms with van der Waals surface area (Å²) >= 11 is 1.77. The van der Waals surface area contributed by atoms with E-state index in [4.69, 9.17) is 4.98 Å². The maximum absolute atomic E-state index is 4.71. The average Bonchev–Trinajstić information content (AvgIpc) is 3.29. The summed E-state index contributed by atoms with van der Waals surface area (Å²) in [5.41, 5.74) is 2.62. The maximum atomic E-state index is 4.71. The zero-order valence-corrected chi connectivity index (χ0v) is 19.7. The minimum Gasteiger partial charge on any atom is -0.356 e. The van der Waals surface area contributed by atoms with Gasteiger partial charge in [0.1, 0.15) is 0 Å². The fourth-order valence-electron chi connectivity index (χ4n) is 3.48. The summed E-state index contributed by atoms with van der Waals surface area (Å²) in [6, 6.07) is 10.8. The monoisotopic (exact) mass is 498 g/mol. The molecule has 0 saturated carbocycles. The molecule has 1 N–H and O–H groups in total. The second-order valence-electron chi connectivity index (χ2n) is 7.35. The van der Waals surface area contributed by atoms with Crippen molar-refractivity contribution in [1.29, 1.82) is 0 Å². The van der Waals surface area contributed by atoms with Gasteiger partial charge in [0.05, 0.1) is 10.7 Å². The van der Waals surface area contributed by atoms with Gasteiger partial charge in [-0.1, -0.05) is 44.2 Å². The molecule has 1 atom stereocenters. The molecule has 1 aromatic carbocycles. The highest BCUT2D eigenvalue weighted by Crippen LogP contribution is 2.21. The van der Waals surface area contributed by atoms with E-state index in [-0.39, 0.29) is 24.0 Å². The van der Waals surface area contributed by atoms with Gasteiger partial charge in [0.25, 0.3) is 0 Å². The molecule has 27 heavy (non-hydrogen) atoms. The third-order valence-electron chi connectivity index (χ3n) is 4.89. The van der Waals surface area contributed by atoms with Gasteiger partial charge < -0.3 is 10.2 Å². The molecule has 6 heteroatoms. The highest BCUT2D eigenvalue weighted by Gasteiger charge is 2.24. The highest BCUT2D eigenvalue weighted by atomic mass is 127. The zero-order valence-electron chi connectivity index (χ0n) is 16.5. The fourth-order valence-corrected chi connectivity index (χ4v) is 4.35. The largest absolute Gasteiger partial charge is 0.356 e. The van der Waals surface area contributed by atoms with Crippen LogP contribution in [0.15, 0.2) is 40.7 Å². The van der Waals surface area contributed by atoms with E-state index in [1.807, 2.05) is 7.05 Å². The summed E-state index contributed by atoms with van der Waals surface area (Å²) in [6.45, 7) is 7.45. The lowest BCUT2D eigenvalue weighted by atomic mass is 9.99. The van der Waals surface area contributed by atoms with E-state index in [1.165, 1.54) is 22.7 Å². The molecule has 1 unspecified atom stereocenters. The summed E-state index contributed by atoms with van der Waals surface area (Å²) in [7, 11) is 1.88. The van der Waals surface area contributed by atoms with Crippen LogP contribution in [0.3, 0.4) is 0 Å². The Labute approximate surface area is 184 Å². The summed E-state index contributed by atoms with van der Waals surface area (Å²) in [5, 5.41) is 6.94. The first-order valence-electron chi connectivity index (χ1n) is 9.59. The van der Waals surface area contributed by atoms with E-state index in [0.717, 1.165) is 38.4 Å². The Morgan fingerprint density at radius 1 is 1.33 bits per heavy atom. The molecule has 4 nitrogen and oxygen atoms in total. The Hall–Kier alpha value is -1.15. The lowest BCUT2D eigenvalue weighted by Gasteiger charge is -2.21. The van der Waals surface area contributed by atoms with E-state index >= 15 is 0 Å². The van der Waals surface area contributed by atoms with Gasteiger partial charge >= 0.3 is 0 Å². The first-order chi connectivity index (χ1) is 12.7. The van der Waals surface area contributed by atoms with Crippen molar-refractivity contribution in [3.05, 3.63) is 52.0 Å². The van der Waals surface area contributed by atoms with Crippen molar-refractivity contribution in [3.8, 4) is 0 Å². The van der Waals surface area contributed by atoms with Crippen molar-refractivity contribution in [2.24, 2.45) is 10.9 Å². The first kappa shape index (κ1) is 22.1.